The van der Waals surface area contributed by atoms with Crippen LogP contribution in [0.1, 0.15) is 45.6 Å². The van der Waals surface area contributed by atoms with E-state index in [-0.39, 0.29) is 17.0 Å². The zero-order valence-electron chi connectivity index (χ0n) is 20.2. The van der Waals surface area contributed by atoms with Gasteiger partial charge in [-0.2, -0.15) is 5.10 Å². The summed E-state index contributed by atoms with van der Waals surface area (Å²) >= 11 is 0. The van der Waals surface area contributed by atoms with E-state index < -0.39 is 12.6 Å². The van der Waals surface area contributed by atoms with Crippen LogP contribution < -0.4 is 10.3 Å². The van der Waals surface area contributed by atoms with Crippen molar-refractivity contribution in [3.05, 3.63) is 87.6 Å². The zero-order valence-corrected chi connectivity index (χ0v) is 20.2. The van der Waals surface area contributed by atoms with E-state index in [1.807, 2.05) is 49.6 Å². The van der Waals surface area contributed by atoms with Gasteiger partial charge >= 0.3 is 5.97 Å². The summed E-state index contributed by atoms with van der Waals surface area (Å²) in [5.74, 6) is -0.327. The number of ketones is 1. The number of hydrogen-bond acceptors (Lipinski definition) is 6. The van der Waals surface area contributed by atoms with Crippen molar-refractivity contribution < 1.29 is 19.1 Å². The van der Waals surface area contributed by atoms with Crippen LogP contribution in [-0.4, -0.2) is 39.8 Å². The van der Waals surface area contributed by atoms with Gasteiger partial charge in [0.2, 0.25) is 5.78 Å². The lowest BCUT2D eigenvalue weighted by Gasteiger charge is -2.11. The monoisotopic (exact) mass is 473 g/mol. The van der Waals surface area contributed by atoms with E-state index in [1.165, 1.54) is 4.68 Å². The molecule has 0 aliphatic rings. The molecule has 8 nitrogen and oxygen atoms in total. The van der Waals surface area contributed by atoms with Gasteiger partial charge in [0.25, 0.3) is 5.56 Å². The van der Waals surface area contributed by atoms with Crippen molar-refractivity contribution in [3.8, 4) is 11.4 Å². The number of ether oxygens (including phenoxy) is 2. The summed E-state index contributed by atoms with van der Waals surface area (Å²) in [6, 6.07) is 16.1. The third-order valence-corrected chi connectivity index (χ3v) is 5.89. The van der Waals surface area contributed by atoms with E-state index in [9.17, 15) is 14.4 Å². The lowest BCUT2D eigenvalue weighted by atomic mass is 10.1. The summed E-state index contributed by atoms with van der Waals surface area (Å²) in [6.07, 6.45) is 0.683. The molecule has 0 saturated carbocycles. The second-order valence-corrected chi connectivity index (χ2v) is 8.24. The molecule has 2 heterocycles. The summed E-state index contributed by atoms with van der Waals surface area (Å²) in [7, 11) is 1.61. The number of carbonyl (C=O) groups excluding carboxylic acids is 2. The van der Waals surface area contributed by atoms with Gasteiger partial charge in [-0.3, -0.25) is 9.59 Å². The fraction of sp³-hybridized carbons (Fsp3) is 0.259. The molecular weight excluding hydrogens is 446 g/mol. The Balaban J connectivity index is 1.58. The summed E-state index contributed by atoms with van der Waals surface area (Å²) in [4.78, 5) is 38.6. The quantitative estimate of drug-likeness (QED) is 0.280. The Bertz CT molecular complexity index is 1460. The second kappa shape index (κ2) is 9.97. The van der Waals surface area contributed by atoms with E-state index in [0.717, 1.165) is 22.8 Å². The maximum Gasteiger partial charge on any atom is 0.359 e. The Kier molecular flexibility index (Phi) is 6.82. The first-order chi connectivity index (χ1) is 16.8. The minimum absolute atomic E-state index is 0.0187. The first-order valence-corrected chi connectivity index (χ1v) is 11.4. The van der Waals surface area contributed by atoms with Crippen LogP contribution >= 0.6 is 0 Å². The van der Waals surface area contributed by atoms with Crippen LogP contribution in [0, 0.1) is 13.8 Å². The molecule has 0 aliphatic heterocycles. The number of hydrogen-bond donors (Lipinski definition) is 0. The van der Waals surface area contributed by atoms with E-state index in [0.29, 0.717) is 29.3 Å². The number of fused-ring (bicyclic) bond motifs is 1. The molecule has 0 bridgehead atoms. The van der Waals surface area contributed by atoms with Crippen LogP contribution in [0.3, 0.4) is 0 Å². The van der Waals surface area contributed by atoms with Crippen molar-refractivity contribution in [2.75, 3.05) is 13.7 Å². The third-order valence-electron chi connectivity index (χ3n) is 5.89. The number of carbonyl (C=O) groups is 2. The molecule has 8 heteroatoms. The minimum Gasteiger partial charge on any atom is -0.497 e. The average molecular weight is 474 g/mol. The van der Waals surface area contributed by atoms with Gasteiger partial charge in [0.05, 0.1) is 12.5 Å². The van der Waals surface area contributed by atoms with Crippen molar-refractivity contribution in [3.63, 3.8) is 0 Å². The normalized spacial score (nSPS) is 11.0. The predicted octanol–water partition coefficient (Wildman–Crippen LogP) is 4.26. The first-order valence-electron chi connectivity index (χ1n) is 11.4. The van der Waals surface area contributed by atoms with E-state index in [4.69, 9.17) is 9.47 Å². The van der Waals surface area contributed by atoms with Gasteiger partial charge in [-0.1, -0.05) is 25.1 Å². The van der Waals surface area contributed by atoms with Crippen LogP contribution in [0.4, 0.5) is 0 Å². The lowest BCUT2D eigenvalue weighted by molar-refractivity contribution is 0.0468. The maximum atomic E-state index is 13.0. The molecule has 180 valence electrons. The molecule has 2 aromatic carbocycles. The predicted molar refractivity (Wildman–Crippen MR) is 133 cm³/mol. The van der Waals surface area contributed by atoms with Crippen molar-refractivity contribution >= 4 is 22.5 Å². The molecule has 0 saturated heterocycles. The molecule has 4 rings (SSSR count). The number of Topliss-reactive ketones (excluding diaryl/α,β-unsaturated/α-hetero) is 1. The lowest BCUT2D eigenvalue weighted by Crippen LogP contribution is -2.27. The summed E-state index contributed by atoms with van der Waals surface area (Å²) in [5.41, 5.74) is 2.74. The van der Waals surface area contributed by atoms with Crippen molar-refractivity contribution in [1.29, 1.82) is 0 Å². The largest absolute Gasteiger partial charge is 0.497 e. The number of esters is 1. The number of rotatable bonds is 8. The average Bonchev–Trinajstić information content (AvgIpc) is 3.18. The highest BCUT2D eigenvalue weighted by Gasteiger charge is 2.21. The smallest absolute Gasteiger partial charge is 0.359 e. The van der Waals surface area contributed by atoms with Gasteiger partial charge in [0.15, 0.2) is 12.3 Å². The summed E-state index contributed by atoms with van der Waals surface area (Å²) < 4.78 is 13.8. The molecule has 0 fully saturated rings. The second-order valence-electron chi connectivity index (χ2n) is 8.24. The van der Waals surface area contributed by atoms with Crippen molar-refractivity contribution in [1.82, 2.24) is 14.3 Å². The van der Waals surface area contributed by atoms with E-state index in [2.05, 4.69) is 5.10 Å². The highest BCUT2D eigenvalue weighted by molar-refractivity contribution is 6.04. The number of aromatic nitrogens is 3. The highest BCUT2D eigenvalue weighted by Crippen LogP contribution is 2.23. The number of nitrogens with zero attached hydrogens (tertiary/aromatic N) is 3. The molecule has 0 aliphatic carbocycles. The maximum absolute atomic E-state index is 13.0. The first kappa shape index (κ1) is 23.9. The van der Waals surface area contributed by atoms with Crippen molar-refractivity contribution in [2.45, 2.75) is 33.7 Å². The fourth-order valence-electron chi connectivity index (χ4n) is 4.20. The molecule has 4 aromatic rings. The Morgan fingerprint density at radius 1 is 1.00 bits per heavy atom. The summed E-state index contributed by atoms with van der Waals surface area (Å²) in [6.45, 7) is 5.62. The van der Waals surface area contributed by atoms with Gasteiger partial charge in [-0.05, 0) is 56.7 Å². The minimum atomic E-state index is -0.747. The van der Waals surface area contributed by atoms with Crippen molar-refractivity contribution in [2.24, 2.45) is 0 Å². The number of benzene rings is 2. The molecule has 0 radical (unpaired) electrons. The summed E-state index contributed by atoms with van der Waals surface area (Å²) in [5, 5.41) is 5.02. The Morgan fingerprint density at radius 3 is 2.34 bits per heavy atom. The molecule has 2 aromatic heterocycles. The molecule has 0 amide bonds. The number of aryl methyl sites for hydroxylation is 2. The molecule has 0 spiro atoms. The molecule has 0 N–H and O–H groups in total. The Labute approximate surface area is 202 Å². The van der Waals surface area contributed by atoms with Crippen LogP contribution in [0.2, 0.25) is 0 Å². The zero-order chi connectivity index (χ0) is 25.1. The van der Waals surface area contributed by atoms with E-state index >= 15 is 0 Å². The van der Waals surface area contributed by atoms with Gasteiger partial charge in [-0.25, -0.2) is 9.48 Å². The third kappa shape index (κ3) is 4.59. The topological polar surface area (TPSA) is 92.4 Å². The van der Waals surface area contributed by atoms with Gasteiger partial charge in [0.1, 0.15) is 5.75 Å². The SMILES string of the molecule is CCCn1nc(C(=O)OCC(=O)c2cc(C)n(-c3ccc(OC)cc3)c2C)c2ccccc2c1=O. The van der Waals surface area contributed by atoms with Gasteiger partial charge < -0.3 is 14.0 Å². The van der Waals surface area contributed by atoms with Crippen LogP contribution in [0.5, 0.6) is 5.75 Å². The standard InChI is InChI=1S/C27H27N3O5/c1-5-14-29-26(32)22-9-7-6-8-21(22)25(28-29)27(33)35-16-24(31)23-15-17(2)30(18(23)3)19-10-12-20(34-4)13-11-19/h6-13,15H,5,14,16H2,1-4H3. The Morgan fingerprint density at radius 2 is 1.69 bits per heavy atom. The molecular formula is C27H27N3O5. The number of methoxy groups -OCH3 is 1. The molecule has 0 atom stereocenters. The van der Waals surface area contributed by atoms with E-state index in [1.54, 1.807) is 37.4 Å². The van der Waals surface area contributed by atoms with Gasteiger partial charge in [0, 0.05) is 34.6 Å². The molecule has 35 heavy (non-hydrogen) atoms. The fourth-order valence-corrected chi connectivity index (χ4v) is 4.20. The van der Waals surface area contributed by atoms with Crippen LogP contribution in [0.25, 0.3) is 16.5 Å². The van der Waals surface area contributed by atoms with Crippen LogP contribution in [0.15, 0.2) is 59.4 Å². The van der Waals surface area contributed by atoms with Gasteiger partial charge in [-0.15, -0.1) is 0 Å². The Hall–Kier alpha value is -4.20. The molecule has 0 unspecified atom stereocenters. The van der Waals surface area contributed by atoms with Crippen LogP contribution in [-0.2, 0) is 11.3 Å². The highest BCUT2D eigenvalue weighted by atomic mass is 16.5.